The van der Waals surface area contributed by atoms with E-state index in [4.69, 9.17) is 4.42 Å². The summed E-state index contributed by atoms with van der Waals surface area (Å²) in [6, 6.07) is 3.73. The monoisotopic (exact) mass is 272 g/mol. The minimum absolute atomic E-state index is 0.0244. The van der Waals surface area contributed by atoms with Crippen LogP contribution in [-0.4, -0.2) is 5.11 Å². The highest BCUT2D eigenvalue weighted by molar-refractivity contribution is 9.11. The molecule has 1 atom stereocenters. The lowest BCUT2D eigenvalue weighted by molar-refractivity contribution is 0.148. The normalized spacial score (nSPS) is 13.9. The first kappa shape index (κ1) is 12.5. The SMILES string of the molecule is C=C(Br)CC(O)c1ccc(C(C)(C)C)o1. The molecule has 0 aromatic carbocycles. The van der Waals surface area contributed by atoms with E-state index in [1.807, 2.05) is 12.1 Å². The molecule has 0 spiro atoms. The Hall–Kier alpha value is -0.540. The molecule has 0 amide bonds. The molecule has 1 unspecified atom stereocenters. The second-order valence-electron chi connectivity index (χ2n) is 4.69. The molecule has 15 heavy (non-hydrogen) atoms. The van der Waals surface area contributed by atoms with Gasteiger partial charge in [-0.15, -0.1) is 0 Å². The Morgan fingerprint density at radius 2 is 2.13 bits per heavy atom. The molecule has 0 fully saturated rings. The van der Waals surface area contributed by atoms with Crippen molar-refractivity contribution in [2.75, 3.05) is 0 Å². The van der Waals surface area contributed by atoms with Crippen LogP contribution in [0.15, 0.2) is 27.6 Å². The fraction of sp³-hybridized carbons (Fsp3) is 0.500. The summed E-state index contributed by atoms with van der Waals surface area (Å²) >= 11 is 3.22. The average Bonchev–Trinajstić information content (AvgIpc) is 2.48. The first-order valence-corrected chi connectivity index (χ1v) is 5.71. The molecule has 2 nitrogen and oxygen atoms in total. The molecule has 0 bridgehead atoms. The van der Waals surface area contributed by atoms with Crippen molar-refractivity contribution in [2.45, 2.75) is 38.7 Å². The van der Waals surface area contributed by atoms with Crippen molar-refractivity contribution >= 4 is 15.9 Å². The van der Waals surface area contributed by atoms with Crippen LogP contribution >= 0.6 is 15.9 Å². The highest BCUT2D eigenvalue weighted by Gasteiger charge is 2.20. The molecule has 1 N–H and O–H groups in total. The van der Waals surface area contributed by atoms with Crippen molar-refractivity contribution < 1.29 is 9.52 Å². The lowest BCUT2D eigenvalue weighted by Crippen LogP contribution is -2.09. The van der Waals surface area contributed by atoms with Crippen molar-refractivity contribution in [3.05, 3.63) is 34.7 Å². The number of hydrogen-bond donors (Lipinski definition) is 1. The van der Waals surface area contributed by atoms with Crippen LogP contribution in [0.2, 0.25) is 0 Å². The number of hydrogen-bond acceptors (Lipinski definition) is 2. The maximum absolute atomic E-state index is 9.79. The van der Waals surface area contributed by atoms with Crippen molar-refractivity contribution in [3.63, 3.8) is 0 Å². The van der Waals surface area contributed by atoms with Gasteiger partial charge >= 0.3 is 0 Å². The molecule has 1 heterocycles. The number of halogens is 1. The third kappa shape index (κ3) is 3.50. The van der Waals surface area contributed by atoms with E-state index < -0.39 is 6.10 Å². The number of aliphatic hydroxyl groups is 1. The first-order chi connectivity index (χ1) is 6.80. The van der Waals surface area contributed by atoms with Crippen LogP contribution in [0.5, 0.6) is 0 Å². The fourth-order valence-corrected chi connectivity index (χ4v) is 1.55. The van der Waals surface area contributed by atoms with Gasteiger partial charge in [0.05, 0.1) is 0 Å². The highest BCUT2D eigenvalue weighted by Crippen LogP contribution is 2.29. The molecule has 0 aliphatic carbocycles. The Morgan fingerprint density at radius 1 is 1.53 bits per heavy atom. The third-order valence-corrected chi connectivity index (χ3v) is 2.43. The Kier molecular flexibility index (Phi) is 3.79. The van der Waals surface area contributed by atoms with Gasteiger partial charge in [0.1, 0.15) is 17.6 Å². The lowest BCUT2D eigenvalue weighted by Gasteiger charge is -2.14. The largest absolute Gasteiger partial charge is 0.463 e. The standard InChI is InChI=1S/C12H17BrO2/c1-8(13)7-9(14)10-5-6-11(15-10)12(2,3)4/h5-6,9,14H,1,7H2,2-4H3. The Balaban J connectivity index is 2.80. The van der Waals surface area contributed by atoms with Gasteiger partial charge in [0.2, 0.25) is 0 Å². The zero-order chi connectivity index (χ0) is 11.6. The molecule has 0 aliphatic heterocycles. The highest BCUT2D eigenvalue weighted by atomic mass is 79.9. The van der Waals surface area contributed by atoms with E-state index in [1.54, 1.807) is 0 Å². The topological polar surface area (TPSA) is 33.4 Å². The van der Waals surface area contributed by atoms with Crippen LogP contribution in [0.1, 0.15) is 44.8 Å². The van der Waals surface area contributed by atoms with Gasteiger partial charge in [-0.3, -0.25) is 0 Å². The van der Waals surface area contributed by atoms with Crippen LogP contribution in [0.25, 0.3) is 0 Å². The van der Waals surface area contributed by atoms with E-state index in [0.717, 1.165) is 10.2 Å². The molecule has 0 radical (unpaired) electrons. The van der Waals surface area contributed by atoms with Crippen LogP contribution in [0.3, 0.4) is 0 Å². The van der Waals surface area contributed by atoms with Gasteiger partial charge in [0, 0.05) is 11.8 Å². The summed E-state index contributed by atoms with van der Waals surface area (Å²) in [5.74, 6) is 1.48. The third-order valence-electron chi connectivity index (χ3n) is 2.11. The zero-order valence-electron chi connectivity index (χ0n) is 9.38. The summed E-state index contributed by atoms with van der Waals surface area (Å²) < 4.78 is 6.37. The summed E-state index contributed by atoms with van der Waals surface area (Å²) in [6.45, 7) is 9.92. The van der Waals surface area contributed by atoms with E-state index in [0.29, 0.717) is 12.2 Å². The van der Waals surface area contributed by atoms with Crippen molar-refractivity contribution in [1.82, 2.24) is 0 Å². The minimum atomic E-state index is -0.618. The van der Waals surface area contributed by atoms with E-state index >= 15 is 0 Å². The van der Waals surface area contributed by atoms with Crippen molar-refractivity contribution in [2.24, 2.45) is 0 Å². The quantitative estimate of drug-likeness (QED) is 0.905. The van der Waals surface area contributed by atoms with E-state index in [1.165, 1.54) is 0 Å². The van der Waals surface area contributed by atoms with Crippen molar-refractivity contribution in [3.8, 4) is 0 Å². The van der Waals surface area contributed by atoms with Gasteiger partial charge < -0.3 is 9.52 Å². The van der Waals surface area contributed by atoms with Gasteiger partial charge in [0.15, 0.2) is 0 Å². The molecule has 84 valence electrons. The van der Waals surface area contributed by atoms with Crippen LogP contribution in [0, 0.1) is 0 Å². The van der Waals surface area contributed by atoms with E-state index in [-0.39, 0.29) is 5.41 Å². The minimum Gasteiger partial charge on any atom is -0.463 e. The fourth-order valence-electron chi connectivity index (χ4n) is 1.25. The average molecular weight is 273 g/mol. The summed E-state index contributed by atoms with van der Waals surface area (Å²) in [5.41, 5.74) is -0.0244. The summed E-state index contributed by atoms with van der Waals surface area (Å²) in [5, 5.41) is 9.79. The molecule has 0 aliphatic rings. The Bertz CT molecular complexity index is 347. The van der Waals surface area contributed by atoms with Crippen molar-refractivity contribution in [1.29, 1.82) is 0 Å². The number of furan rings is 1. The number of rotatable bonds is 3. The maximum atomic E-state index is 9.79. The Labute approximate surface area is 99.1 Å². The second kappa shape index (κ2) is 4.54. The maximum Gasteiger partial charge on any atom is 0.133 e. The van der Waals surface area contributed by atoms with E-state index in [9.17, 15) is 5.11 Å². The molecule has 0 saturated heterocycles. The molecular formula is C12H17BrO2. The molecule has 1 rings (SSSR count). The van der Waals surface area contributed by atoms with Crippen LogP contribution < -0.4 is 0 Å². The second-order valence-corrected chi connectivity index (χ2v) is 5.81. The Morgan fingerprint density at radius 3 is 2.53 bits per heavy atom. The van der Waals surface area contributed by atoms with Gasteiger partial charge in [0.25, 0.3) is 0 Å². The van der Waals surface area contributed by atoms with Gasteiger partial charge in [-0.1, -0.05) is 43.3 Å². The van der Waals surface area contributed by atoms with Gasteiger partial charge in [-0.2, -0.15) is 0 Å². The van der Waals surface area contributed by atoms with E-state index in [2.05, 4.69) is 43.3 Å². The van der Waals surface area contributed by atoms with Crippen LogP contribution in [-0.2, 0) is 5.41 Å². The summed E-state index contributed by atoms with van der Waals surface area (Å²) in [4.78, 5) is 0. The predicted molar refractivity (Wildman–Crippen MR) is 65.1 cm³/mol. The number of aliphatic hydroxyl groups excluding tert-OH is 1. The summed E-state index contributed by atoms with van der Waals surface area (Å²) in [7, 11) is 0. The molecule has 0 saturated carbocycles. The predicted octanol–water partition coefficient (Wildman–Crippen LogP) is 3.91. The zero-order valence-corrected chi connectivity index (χ0v) is 11.0. The smallest absolute Gasteiger partial charge is 0.133 e. The molecular weight excluding hydrogens is 256 g/mol. The van der Waals surface area contributed by atoms with Gasteiger partial charge in [-0.25, -0.2) is 0 Å². The molecule has 1 aromatic heterocycles. The molecule has 3 heteroatoms. The van der Waals surface area contributed by atoms with Gasteiger partial charge in [-0.05, 0) is 16.6 Å². The molecule has 1 aromatic rings. The first-order valence-electron chi connectivity index (χ1n) is 4.92. The summed E-state index contributed by atoms with van der Waals surface area (Å²) in [6.07, 6.45) is -0.148. The van der Waals surface area contributed by atoms with Crippen LogP contribution in [0.4, 0.5) is 0 Å². The lowest BCUT2D eigenvalue weighted by atomic mass is 9.94.